The van der Waals surface area contributed by atoms with Crippen LogP contribution in [0.5, 0.6) is 0 Å². The summed E-state index contributed by atoms with van der Waals surface area (Å²) in [5, 5.41) is 8.83. The van der Waals surface area contributed by atoms with E-state index in [9.17, 15) is 4.79 Å². The predicted octanol–water partition coefficient (Wildman–Crippen LogP) is 5.29. The van der Waals surface area contributed by atoms with Crippen molar-refractivity contribution in [2.75, 3.05) is 7.11 Å². The molecule has 0 aliphatic rings. The van der Waals surface area contributed by atoms with Gasteiger partial charge in [-0.15, -0.1) is 0 Å². The largest absolute Gasteiger partial charge is 0.479 e. The second kappa shape index (κ2) is 16.0. The molecule has 1 unspecified atom stereocenters. The molecule has 0 aliphatic carbocycles. The number of carboxylic acid groups (broad SMARTS) is 1. The van der Waals surface area contributed by atoms with Crippen LogP contribution in [0.3, 0.4) is 0 Å². The summed E-state index contributed by atoms with van der Waals surface area (Å²) in [5.41, 5.74) is 0. The minimum atomic E-state index is -0.858. The van der Waals surface area contributed by atoms with Gasteiger partial charge in [-0.05, 0) is 38.5 Å². The standard InChI is InChI=1S/C19H32O3/c1-3-4-5-6-7-8-9-10-11-12-13-14-15-16-17-18(22-2)19(20)21/h4-5,7-8,10-11,18H,3,6,9,12-17H2,1-2H3,(H,20,21)/b5-4-,8-7-,11-10-. The Morgan fingerprint density at radius 3 is 2.14 bits per heavy atom. The third-order valence-electron chi connectivity index (χ3n) is 3.43. The van der Waals surface area contributed by atoms with Gasteiger partial charge in [0.2, 0.25) is 0 Å². The molecule has 0 spiro atoms. The van der Waals surface area contributed by atoms with Crippen LogP contribution in [0, 0.1) is 0 Å². The molecule has 0 aromatic heterocycles. The molecule has 1 atom stereocenters. The molecule has 1 N–H and O–H groups in total. The number of hydrogen-bond acceptors (Lipinski definition) is 2. The second-order valence-corrected chi connectivity index (χ2v) is 5.35. The quantitative estimate of drug-likeness (QED) is 0.350. The van der Waals surface area contributed by atoms with Gasteiger partial charge in [0.15, 0.2) is 6.10 Å². The van der Waals surface area contributed by atoms with E-state index in [0.717, 1.165) is 44.9 Å². The van der Waals surface area contributed by atoms with Gasteiger partial charge in [-0.25, -0.2) is 4.79 Å². The molecular weight excluding hydrogens is 276 g/mol. The lowest BCUT2D eigenvalue weighted by Crippen LogP contribution is -2.21. The van der Waals surface area contributed by atoms with Crippen molar-refractivity contribution in [3.63, 3.8) is 0 Å². The topological polar surface area (TPSA) is 46.5 Å². The number of aliphatic carboxylic acids is 1. The molecule has 0 aromatic rings. The molecule has 0 fully saturated rings. The Bertz CT molecular complexity index is 343. The van der Waals surface area contributed by atoms with Crippen molar-refractivity contribution in [3.05, 3.63) is 36.5 Å². The highest BCUT2D eigenvalue weighted by atomic mass is 16.5. The normalized spacial score (nSPS) is 13.5. The van der Waals surface area contributed by atoms with Crippen LogP contribution in [-0.4, -0.2) is 24.3 Å². The molecular formula is C19H32O3. The zero-order chi connectivity index (χ0) is 16.5. The highest BCUT2D eigenvalue weighted by Crippen LogP contribution is 2.09. The molecule has 3 heteroatoms. The van der Waals surface area contributed by atoms with E-state index >= 15 is 0 Å². The zero-order valence-corrected chi connectivity index (χ0v) is 14.2. The first-order valence-electron chi connectivity index (χ1n) is 8.43. The Hall–Kier alpha value is -1.35. The molecule has 22 heavy (non-hydrogen) atoms. The highest BCUT2D eigenvalue weighted by molar-refractivity contribution is 5.72. The molecule has 126 valence electrons. The van der Waals surface area contributed by atoms with Gasteiger partial charge in [-0.3, -0.25) is 0 Å². The van der Waals surface area contributed by atoms with E-state index in [0.29, 0.717) is 6.42 Å². The van der Waals surface area contributed by atoms with Gasteiger partial charge in [0.05, 0.1) is 0 Å². The minimum Gasteiger partial charge on any atom is -0.479 e. The lowest BCUT2D eigenvalue weighted by molar-refractivity contribution is -0.148. The number of methoxy groups -OCH3 is 1. The van der Waals surface area contributed by atoms with Crippen molar-refractivity contribution < 1.29 is 14.6 Å². The highest BCUT2D eigenvalue weighted by Gasteiger charge is 2.14. The van der Waals surface area contributed by atoms with Crippen LogP contribution in [0.4, 0.5) is 0 Å². The fourth-order valence-electron chi connectivity index (χ4n) is 2.11. The maximum atomic E-state index is 10.8. The summed E-state index contributed by atoms with van der Waals surface area (Å²) in [5.74, 6) is -0.858. The van der Waals surface area contributed by atoms with Crippen molar-refractivity contribution in [3.8, 4) is 0 Å². The summed E-state index contributed by atoms with van der Waals surface area (Å²) in [6.45, 7) is 2.14. The van der Waals surface area contributed by atoms with E-state index in [-0.39, 0.29) is 0 Å². The van der Waals surface area contributed by atoms with Crippen LogP contribution in [0.2, 0.25) is 0 Å². The van der Waals surface area contributed by atoms with Crippen LogP contribution in [-0.2, 0) is 9.53 Å². The molecule has 0 rings (SSSR count). The monoisotopic (exact) mass is 308 g/mol. The maximum absolute atomic E-state index is 10.8. The first-order valence-corrected chi connectivity index (χ1v) is 8.43. The smallest absolute Gasteiger partial charge is 0.332 e. The van der Waals surface area contributed by atoms with Crippen LogP contribution in [0.25, 0.3) is 0 Å². The Labute approximate surface area is 135 Å². The molecule has 3 nitrogen and oxygen atoms in total. The van der Waals surface area contributed by atoms with Gasteiger partial charge in [-0.2, -0.15) is 0 Å². The maximum Gasteiger partial charge on any atom is 0.332 e. The van der Waals surface area contributed by atoms with E-state index in [2.05, 4.69) is 43.4 Å². The summed E-state index contributed by atoms with van der Waals surface area (Å²) >= 11 is 0. The van der Waals surface area contributed by atoms with E-state index in [1.54, 1.807) is 0 Å². The van der Waals surface area contributed by atoms with Crippen LogP contribution < -0.4 is 0 Å². The number of unbranched alkanes of at least 4 members (excludes halogenated alkanes) is 4. The molecule has 0 bridgehead atoms. The van der Waals surface area contributed by atoms with Gasteiger partial charge < -0.3 is 9.84 Å². The molecule has 0 radical (unpaired) electrons. The van der Waals surface area contributed by atoms with Crippen molar-refractivity contribution in [2.45, 2.75) is 70.8 Å². The minimum absolute atomic E-state index is 0.610. The van der Waals surface area contributed by atoms with Crippen LogP contribution in [0.15, 0.2) is 36.5 Å². The lowest BCUT2D eigenvalue weighted by atomic mass is 10.1. The first kappa shape index (κ1) is 20.6. The number of ether oxygens (including phenoxy) is 1. The van der Waals surface area contributed by atoms with Crippen molar-refractivity contribution in [1.82, 2.24) is 0 Å². The van der Waals surface area contributed by atoms with Gasteiger partial charge in [0.25, 0.3) is 0 Å². The first-order chi connectivity index (χ1) is 10.7. The number of carboxylic acids is 1. The molecule has 0 saturated heterocycles. The zero-order valence-electron chi connectivity index (χ0n) is 14.2. The van der Waals surface area contributed by atoms with Crippen molar-refractivity contribution in [1.29, 1.82) is 0 Å². The van der Waals surface area contributed by atoms with E-state index in [4.69, 9.17) is 9.84 Å². The van der Waals surface area contributed by atoms with Gasteiger partial charge in [0, 0.05) is 7.11 Å². The van der Waals surface area contributed by atoms with E-state index < -0.39 is 12.1 Å². The van der Waals surface area contributed by atoms with Crippen LogP contribution in [0.1, 0.15) is 64.7 Å². The second-order valence-electron chi connectivity index (χ2n) is 5.35. The lowest BCUT2D eigenvalue weighted by Gasteiger charge is -2.09. The Morgan fingerprint density at radius 1 is 0.955 bits per heavy atom. The SMILES string of the molecule is CC/C=C\C/C=C\C/C=C\CCCCCCC(OC)C(=O)O. The summed E-state index contributed by atoms with van der Waals surface area (Å²) in [6.07, 6.45) is 21.8. The number of carbonyl (C=O) groups is 1. The van der Waals surface area contributed by atoms with Gasteiger partial charge in [-0.1, -0.05) is 62.6 Å². The summed E-state index contributed by atoms with van der Waals surface area (Å²) in [7, 11) is 1.46. The van der Waals surface area contributed by atoms with E-state index in [1.165, 1.54) is 13.5 Å². The molecule has 0 aliphatic heterocycles. The third kappa shape index (κ3) is 13.6. The summed E-state index contributed by atoms with van der Waals surface area (Å²) < 4.78 is 4.90. The Kier molecular flexibility index (Phi) is 15.0. The number of allylic oxidation sites excluding steroid dienone is 6. The summed E-state index contributed by atoms with van der Waals surface area (Å²) in [4.78, 5) is 10.8. The third-order valence-corrected chi connectivity index (χ3v) is 3.43. The molecule has 0 heterocycles. The fraction of sp³-hybridized carbons (Fsp3) is 0.632. The average molecular weight is 308 g/mol. The van der Waals surface area contributed by atoms with E-state index in [1.807, 2.05) is 0 Å². The Morgan fingerprint density at radius 2 is 1.55 bits per heavy atom. The predicted molar refractivity (Wildman–Crippen MR) is 93.1 cm³/mol. The van der Waals surface area contributed by atoms with Crippen molar-refractivity contribution >= 4 is 5.97 Å². The van der Waals surface area contributed by atoms with Crippen LogP contribution >= 0.6 is 0 Å². The molecule has 0 amide bonds. The number of rotatable bonds is 14. The van der Waals surface area contributed by atoms with Gasteiger partial charge >= 0.3 is 5.97 Å². The molecule has 0 saturated carbocycles. The average Bonchev–Trinajstić information content (AvgIpc) is 2.51. The Balaban J connectivity index is 3.40. The fourth-order valence-corrected chi connectivity index (χ4v) is 2.11. The van der Waals surface area contributed by atoms with Gasteiger partial charge in [0.1, 0.15) is 0 Å². The molecule has 0 aromatic carbocycles. The van der Waals surface area contributed by atoms with Crippen molar-refractivity contribution in [2.24, 2.45) is 0 Å². The number of hydrogen-bond donors (Lipinski definition) is 1. The summed E-state index contributed by atoms with van der Waals surface area (Å²) in [6, 6.07) is 0.